The molecule has 4 N–H and O–H groups in total. The van der Waals surface area contributed by atoms with Gasteiger partial charge in [0, 0.05) is 19.2 Å². The maximum atomic E-state index is 10.6. The topological polar surface area (TPSA) is 79.5 Å². The van der Waals surface area contributed by atoms with Gasteiger partial charge in [-0.1, -0.05) is 6.07 Å². The van der Waals surface area contributed by atoms with Crippen molar-refractivity contribution in [3.05, 3.63) is 29.3 Å². The molecule has 5 nitrogen and oxygen atoms in total. The average molecular weight is 248 g/mol. The van der Waals surface area contributed by atoms with E-state index in [1.807, 2.05) is 25.1 Å². The van der Waals surface area contributed by atoms with Crippen LogP contribution in [0.5, 0.6) is 0 Å². The summed E-state index contributed by atoms with van der Waals surface area (Å²) in [5.74, 6) is 0.287. The Kier molecular flexibility index (Phi) is 5.17. The van der Waals surface area contributed by atoms with Gasteiger partial charge in [0.1, 0.15) is 0 Å². The van der Waals surface area contributed by atoms with E-state index < -0.39 is 0 Å². The maximum absolute atomic E-state index is 10.6. The number of hydrogen-bond acceptors (Lipinski definition) is 2. The quantitative estimate of drug-likeness (QED) is 0.425. The number of aliphatic imine (C=N–C) groups is 1. The summed E-state index contributed by atoms with van der Waals surface area (Å²) >= 11 is 0. The molecule has 0 radical (unpaired) electrons. The summed E-state index contributed by atoms with van der Waals surface area (Å²) in [5.41, 5.74) is 9.09. The molecule has 0 saturated heterocycles. The van der Waals surface area contributed by atoms with Gasteiger partial charge < -0.3 is 16.4 Å². The van der Waals surface area contributed by atoms with Crippen LogP contribution in [0.3, 0.4) is 0 Å². The second-order valence-corrected chi connectivity index (χ2v) is 4.17. The van der Waals surface area contributed by atoms with Crippen molar-refractivity contribution in [2.75, 3.05) is 18.4 Å². The number of aryl methyl sites for hydroxylation is 2. The standard InChI is InChI=1S/C13H20N4O/c1-9-4-5-12(8-10(9)2)17-13(14)16-7-6-15-11(3)18/h4-5,8H,6-7H2,1-3H3,(H,15,18)(H3,14,16,17). The largest absolute Gasteiger partial charge is 0.370 e. The number of hydrogen-bond donors (Lipinski definition) is 3. The fraction of sp³-hybridized carbons (Fsp3) is 0.385. The molecule has 1 aromatic carbocycles. The van der Waals surface area contributed by atoms with Gasteiger partial charge in [-0.25, -0.2) is 0 Å². The van der Waals surface area contributed by atoms with Crippen molar-refractivity contribution in [2.45, 2.75) is 20.8 Å². The molecule has 0 spiro atoms. The monoisotopic (exact) mass is 248 g/mol. The number of carbonyl (C=O) groups excluding carboxylic acids is 1. The Morgan fingerprint density at radius 2 is 2.06 bits per heavy atom. The molecule has 0 fully saturated rings. The van der Waals surface area contributed by atoms with Crippen LogP contribution in [-0.4, -0.2) is 25.0 Å². The zero-order valence-electron chi connectivity index (χ0n) is 11.1. The van der Waals surface area contributed by atoms with E-state index in [1.54, 1.807) is 0 Å². The molecule has 1 amide bonds. The SMILES string of the molecule is CC(=O)NCCN=C(N)Nc1ccc(C)c(C)c1. The highest BCUT2D eigenvalue weighted by Gasteiger charge is 1.97. The van der Waals surface area contributed by atoms with E-state index in [0.717, 1.165) is 5.69 Å². The van der Waals surface area contributed by atoms with Crippen molar-refractivity contribution < 1.29 is 4.79 Å². The van der Waals surface area contributed by atoms with Crippen molar-refractivity contribution in [2.24, 2.45) is 10.7 Å². The smallest absolute Gasteiger partial charge is 0.216 e. The molecule has 0 aromatic heterocycles. The van der Waals surface area contributed by atoms with Crippen LogP contribution in [0.15, 0.2) is 23.2 Å². The minimum atomic E-state index is -0.0640. The highest BCUT2D eigenvalue weighted by molar-refractivity contribution is 5.92. The Balaban J connectivity index is 2.48. The molecule has 0 unspecified atom stereocenters. The average Bonchev–Trinajstić information content (AvgIpc) is 2.29. The number of nitrogens with one attached hydrogen (secondary N) is 2. The Labute approximate surface area is 107 Å². The van der Waals surface area contributed by atoms with Crippen molar-refractivity contribution in [1.29, 1.82) is 0 Å². The number of carbonyl (C=O) groups is 1. The Hall–Kier alpha value is -2.04. The molecule has 1 rings (SSSR count). The van der Waals surface area contributed by atoms with Gasteiger partial charge in [0.25, 0.3) is 0 Å². The summed E-state index contributed by atoms with van der Waals surface area (Å²) in [6.07, 6.45) is 0. The van der Waals surface area contributed by atoms with E-state index in [-0.39, 0.29) is 5.91 Å². The Bertz CT molecular complexity index is 454. The third-order valence-electron chi connectivity index (χ3n) is 2.55. The number of benzene rings is 1. The lowest BCUT2D eigenvalue weighted by Crippen LogP contribution is -2.27. The highest BCUT2D eigenvalue weighted by Crippen LogP contribution is 2.13. The zero-order chi connectivity index (χ0) is 13.5. The molecule has 0 aliphatic heterocycles. The van der Waals surface area contributed by atoms with Gasteiger partial charge >= 0.3 is 0 Å². The Morgan fingerprint density at radius 1 is 1.33 bits per heavy atom. The van der Waals surface area contributed by atoms with Crippen LogP contribution >= 0.6 is 0 Å². The van der Waals surface area contributed by atoms with Gasteiger partial charge in [0.05, 0.1) is 6.54 Å². The lowest BCUT2D eigenvalue weighted by Gasteiger charge is -2.08. The van der Waals surface area contributed by atoms with E-state index in [1.165, 1.54) is 18.1 Å². The van der Waals surface area contributed by atoms with E-state index in [0.29, 0.717) is 19.0 Å². The van der Waals surface area contributed by atoms with Crippen LogP contribution in [0.2, 0.25) is 0 Å². The minimum Gasteiger partial charge on any atom is -0.370 e. The lowest BCUT2D eigenvalue weighted by atomic mass is 10.1. The third kappa shape index (κ3) is 4.86. The summed E-state index contributed by atoms with van der Waals surface area (Å²) in [5, 5.41) is 5.67. The summed E-state index contributed by atoms with van der Waals surface area (Å²) in [4.78, 5) is 14.8. The van der Waals surface area contributed by atoms with Crippen molar-refractivity contribution >= 4 is 17.6 Å². The van der Waals surface area contributed by atoms with E-state index >= 15 is 0 Å². The zero-order valence-corrected chi connectivity index (χ0v) is 11.1. The number of amides is 1. The third-order valence-corrected chi connectivity index (χ3v) is 2.55. The molecule has 0 aliphatic rings. The lowest BCUT2D eigenvalue weighted by molar-refractivity contribution is -0.118. The van der Waals surface area contributed by atoms with Gasteiger partial charge in [-0.2, -0.15) is 0 Å². The van der Waals surface area contributed by atoms with E-state index in [2.05, 4.69) is 22.5 Å². The highest BCUT2D eigenvalue weighted by atomic mass is 16.1. The number of nitrogens with zero attached hydrogens (tertiary/aromatic N) is 1. The van der Waals surface area contributed by atoms with Gasteiger partial charge in [0.15, 0.2) is 5.96 Å². The van der Waals surface area contributed by atoms with Crippen molar-refractivity contribution in [3.63, 3.8) is 0 Å². The summed E-state index contributed by atoms with van der Waals surface area (Å²) in [7, 11) is 0. The molecular formula is C13H20N4O. The van der Waals surface area contributed by atoms with Gasteiger partial charge in [-0.05, 0) is 37.1 Å². The number of anilines is 1. The minimum absolute atomic E-state index is 0.0640. The first kappa shape index (κ1) is 14.0. The van der Waals surface area contributed by atoms with Crippen LogP contribution in [0, 0.1) is 13.8 Å². The van der Waals surface area contributed by atoms with E-state index in [4.69, 9.17) is 5.73 Å². The molecule has 0 aliphatic carbocycles. The van der Waals surface area contributed by atoms with E-state index in [9.17, 15) is 4.79 Å². The first-order valence-corrected chi connectivity index (χ1v) is 5.87. The van der Waals surface area contributed by atoms with Gasteiger partial charge in [-0.15, -0.1) is 0 Å². The van der Waals surface area contributed by atoms with Crippen LogP contribution in [0.1, 0.15) is 18.1 Å². The first-order valence-electron chi connectivity index (χ1n) is 5.87. The summed E-state index contributed by atoms with van der Waals surface area (Å²) in [6.45, 7) is 6.53. The second kappa shape index (κ2) is 6.64. The molecule has 0 atom stereocenters. The summed E-state index contributed by atoms with van der Waals surface area (Å²) < 4.78 is 0. The number of guanidine groups is 1. The van der Waals surface area contributed by atoms with Crippen molar-refractivity contribution in [1.82, 2.24) is 5.32 Å². The van der Waals surface area contributed by atoms with Crippen LogP contribution in [-0.2, 0) is 4.79 Å². The van der Waals surface area contributed by atoms with Crippen molar-refractivity contribution in [3.8, 4) is 0 Å². The number of nitrogens with two attached hydrogens (primary N) is 1. The second-order valence-electron chi connectivity index (χ2n) is 4.17. The molecular weight excluding hydrogens is 228 g/mol. The number of rotatable bonds is 4. The van der Waals surface area contributed by atoms with Gasteiger partial charge in [-0.3, -0.25) is 9.79 Å². The summed E-state index contributed by atoms with van der Waals surface area (Å²) in [6, 6.07) is 6.01. The first-order chi connectivity index (χ1) is 8.49. The fourth-order valence-corrected chi connectivity index (χ4v) is 1.41. The predicted molar refractivity (Wildman–Crippen MR) is 74.7 cm³/mol. The molecule has 1 aromatic rings. The molecule has 98 valence electrons. The van der Waals surface area contributed by atoms with Gasteiger partial charge in [0.2, 0.25) is 5.91 Å². The molecule has 0 heterocycles. The maximum Gasteiger partial charge on any atom is 0.216 e. The molecule has 0 saturated carbocycles. The normalized spacial score (nSPS) is 11.2. The Morgan fingerprint density at radius 3 is 2.67 bits per heavy atom. The fourth-order valence-electron chi connectivity index (χ4n) is 1.41. The molecule has 5 heteroatoms. The predicted octanol–water partition coefficient (Wildman–Crippen LogP) is 1.17. The van der Waals surface area contributed by atoms with Crippen LogP contribution in [0.25, 0.3) is 0 Å². The van der Waals surface area contributed by atoms with Crippen LogP contribution < -0.4 is 16.4 Å². The van der Waals surface area contributed by atoms with Crippen LogP contribution in [0.4, 0.5) is 5.69 Å². The molecule has 0 bridgehead atoms. The molecule has 18 heavy (non-hydrogen) atoms.